The lowest BCUT2D eigenvalue weighted by Gasteiger charge is -2.21. The molecule has 3 aromatic rings. The van der Waals surface area contributed by atoms with Crippen LogP contribution in [0.15, 0.2) is 68.7 Å². The highest BCUT2D eigenvalue weighted by Gasteiger charge is 2.23. The molecule has 0 aliphatic rings. The molecule has 0 radical (unpaired) electrons. The number of hydrogen-bond donors (Lipinski definition) is 1. The maximum Gasteiger partial charge on any atom is 0.349 e. The van der Waals surface area contributed by atoms with Gasteiger partial charge in [-0.05, 0) is 50.2 Å². The van der Waals surface area contributed by atoms with Gasteiger partial charge < -0.3 is 9.73 Å². The van der Waals surface area contributed by atoms with Crippen molar-refractivity contribution in [3.63, 3.8) is 0 Å². The molecule has 28 heavy (non-hydrogen) atoms. The molecule has 0 bridgehead atoms. The molecule has 0 unspecified atom stereocenters. The van der Waals surface area contributed by atoms with Gasteiger partial charge in [0.2, 0.25) is 10.0 Å². The number of fused-ring (bicyclic) bond motifs is 1. The second-order valence-electron chi connectivity index (χ2n) is 6.58. The molecule has 0 saturated carbocycles. The van der Waals surface area contributed by atoms with Crippen molar-refractivity contribution in [3.05, 3.63) is 70.6 Å². The molecule has 1 aromatic heterocycles. The molecule has 0 aliphatic carbocycles. The van der Waals surface area contributed by atoms with Crippen LogP contribution in [0.3, 0.4) is 0 Å². The van der Waals surface area contributed by atoms with Crippen molar-refractivity contribution in [1.29, 1.82) is 0 Å². The van der Waals surface area contributed by atoms with E-state index >= 15 is 0 Å². The lowest BCUT2D eigenvalue weighted by Crippen LogP contribution is -2.33. The molecule has 146 valence electrons. The number of amides is 1. The van der Waals surface area contributed by atoms with Gasteiger partial charge in [-0.3, -0.25) is 4.79 Å². The van der Waals surface area contributed by atoms with E-state index in [0.717, 1.165) is 0 Å². The number of carbonyl (C=O) groups excluding carboxylic acids is 1. The monoisotopic (exact) mass is 400 g/mol. The van der Waals surface area contributed by atoms with Crippen LogP contribution in [0, 0.1) is 0 Å². The number of nitrogens with zero attached hydrogens (tertiary/aromatic N) is 1. The van der Waals surface area contributed by atoms with Gasteiger partial charge in [0.1, 0.15) is 11.1 Å². The summed E-state index contributed by atoms with van der Waals surface area (Å²) >= 11 is 0. The minimum absolute atomic E-state index is 0.118. The summed E-state index contributed by atoms with van der Waals surface area (Å²) in [4.78, 5) is 24.7. The molecule has 0 saturated heterocycles. The van der Waals surface area contributed by atoms with Crippen molar-refractivity contribution in [2.24, 2.45) is 0 Å². The molecular formula is C20H20N2O5S. The maximum absolute atomic E-state index is 12.5. The van der Waals surface area contributed by atoms with Gasteiger partial charge in [0.25, 0.3) is 5.91 Å². The van der Waals surface area contributed by atoms with Crippen LogP contribution in [-0.4, -0.2) is 31.7 Å². The second-order valence-corrected chi connectivity index (χ2v) is 8.58. The number of rotatable bonds is 5. The van der Waals surface area contributed by atoms with Crippen LogP contribution in [0.5, 0.6) is 0 Å². The van der Waals surface area contributed by atoms with Crippen LogP contribution in [0.4, 0.5) is 5.69 Å². The Morgan fingerprint density at radius 3 is 2.36 bits per heavy atom. The van der Waals surface area contributed by atoms with Crippen LogP contribution in [-0.2, 0) is 10.0 Å². The average Bonchev–Trinajstić information content (AvgIpc) is 2.67. The van der Waals surface area contributed by atoms with Crippen molar-refractivity contribution in [2.45, 2.75) is 24.8 Å². The van der Waals surface area contributed by atoms with E-state index in [0.29, 0.717) is 16.7 Å². The van der Waals surface area contributed by atoms with Crippen LogP contribution < -0.4 is 10.9 Å². The van der Waals surface area contributed by atoms with Gasteiger partial charge in [0, 0.05) is 24.2 Å². The summed E-state index contributed by atoms with van der Waals surface area (Å²) in [6.07, 6.45) is 0. The maximum atomic E-state index is 12.5. The smallest absolute Gasteiger partial charge is 0.349 e. The van der Waals surface area contributed by atoms with Crippen LogP contribution >= 0.6 is 0 Å². The van der Waals surface area contributed by atoms with E-state index in [-0.39, 0.29) is 16.5 Å². The number of anilines is 1. The number of benzene rings is 2. The molecule has 0 fully saturated rings. The standard InChI is InChI=1S/C20H20N2O5S/c1-13(2)22(3)28(25,26)16-10-8-15(9-11-16)21-19(23)17-12-14-6-4-5-7-18(14)27-20(17)24/h4-13H,1-3H3,(H,21,23). The molecule has 0 aliphatic heterocycles. The van der Waals surface area contributed by atoms with E-state index in [1.807, 2.05) is 0 Å². The first-order valence-electron chi connectivity index (χ1n) is 8.62. The van der Waals surface area contributed by atoms with Crippen LogP contribution in [0.25, 0.3) is 11.0 Å². The number of hydrogen-bond acceptors (Lipinski definition) is 5. The Bertz CT molecular complexity index is 1180. The first-order valence-corrected chi connectivity index (χ1v) is 10.1. The summed E-state index contributed by atoms with van der Waals surface area (Å²) in [6, 6.07) is 13.9. The van der Waals surface area contributed by atoms with E-state index in [4.69, 9.17) is 4.42 Å². The minimum Gasteiger partial charge on any atom is -0.422 e. The molecule has 1 N–H and O–H groups in total. The van der Waals surface area contributed by atoms with E-state index in [9.17, 15) is 18.0 Å². The number of carbonyl (C=O) groups is 1. The quantitative estimate of drug-likeness (QED) is 0.664. The predicted molar refractivity (Wildman–Crippen MR) is 107 cm³/mol. The molecule has 1 amide bonds. The van der Waals surface area contributed by atoms with Crippen molar-refractivity contribution in [3.8, 4) is 0 Å². The third-order valence-corrected chi connectivity index (χ3v) is 6.45. The third-order valence-electron chi connectivity index (χ3n) is 4.40. The fourth-order valence-corrected chi connectivity index (χ4v) is 3.94. The summed E-state index contributed by atoms with van der Waals surface area (Å²) < 4.78 is 31.4. The molecular weight excluding hydrogens is 380 g/mol. The van der Waals surface area contributed by atoms with Crippen LogP contribution in [0.1, 0.15) is 24.2 Å². The third kappa shape index (κ3) is 3.83. The van der Waals surface area contributed by atoms with Gasteiger partial charge in [-0.2, -0.15) is 4.31 Å². The van der Waals surface area contributed by atoms with Crippen LogP contribution in [0.2, 0.25) is 0 Å². The Labute approximate surface area is 162 Å². The van der Waals surface area contributed by atoms with E-state index in [1.165, 1.54) is 41.7 Å². The predicted octanol–water partition coefficient (Wildman–Crippen LogP) is 3.07. The van der Waals surface area contributed by atoms with Crippen molar-refractivity contribution >= 4 is 32.6 Å². The SMILES string of the molecule is CC(C)N(C)S(=O)(=O)c1ccc(NC(=O)c2cc3ccccc3oc2=O)cc1. The Hall–Kier alpha value is -2.97. The Morgan fingerprint density at radius 2 is 1.71 bits per heavy atom. The lowest BCUT2D eigenvalue weighted by atomic mass is 10.1. The average molecular weight is 400 g/mol. The van der Waals surface area contributed by atoms with Gasteiger partial charge in [0.15, 0.2) is 0 Å². The summed E-state index contributed by atoms with van der Waals surface area (Å²) in [5.41, 5.74) is -0.111. The second kappa shape index (κ2) is 7.57. The van der Waals surface area contributed by atoms with Gasteiger partial charge in [-0.1, -0.05) is 18.2 Å². The Morgan fingerprint density at radius 1 is 1.07 bits per heavy atom. The fraction of sp³-hybridized carbons (Fsp3) is 0.200. The zero-order valence-corrected chi connectivity index (χ0v) is 16.5. The fourth-order valence-electron chi connectivity index (χ4n) is 2.57. The summed E-state index contributed by atoms with van der Waals surface area (Å²) in [7, 11) is -2.10. The number of nitrogens with one attached hydrogen (secondary N) is 1. The minimum atomic E-state index is -3.61. The number of sulfonamides is 1. The van der Waals surface area contributed by atoms with E-state index in [2.05, 4.69) is 5.32 Å². The zero-order valence-electron chi connectivity index (χ0n) is 15.7. The Kier molecular flexibility index (Phi) is 5.35. The largest absolute Gasteiger partial charge is 0.422 e. The first-order chi connectivity index (χ1) is 13.2. The molecule has 3 rings (SSSR count). The van der Waals surface area contributed by atoms with E-state index < -0.39 is 21.6 Å². The Balaban J connectivity index is 1.84. The molecule has 7 nitrogen and oxygen atoms in total. The normalized spacial score (nSPS) is 11.9. The summed E-state index contributed by atoms with van der Waals surface area (Å²) in [5.74, 6) is -0.630. The lowest BCUT2D eigenvalue weighted by molar-refractivity contribution is 0.102. The van der Waals surface area contributed by atoms with Crippen molar-refractivity contribution in [1.82, 2.24) is 4.31 Å². The molecule has 0 atom stereocenters. The highest BCUT2D eigenvalue weighted by atomic mass is 32.2. The van der Waals surface area contributed by atoms with Gasteiger partial charge >= 0.3 is 5.63 Å². The molecule has 8 heteroatoms. The van der Waals surface area contributed by atoms with Gasteiger partial charge in [-0.15, -0.1) is 0 Å². The van der Waals surface area contributed by atoms with E-state index in [1.54, 1.807) is 38.1 Å². The zero-order chi connectivity index (χ0) is 20.5. The van der Waals surface area contributed by atoms with Gasteiger partial charge in [0.05, 0.1) is 4.90 Å². The first kappa shape index (κ1) is 19.8. The molecule has 2 aromatic carbocycles. The highest BCUT2D eigenvalue weighted by molar-refractivity contribution is 7.89. The van der Waals surface area contributed by atoms with Crippen molar-refractivity contribution < 1.29 is 17.6 Å². The number of para-hydroxylation sites is 1. The van der Waals surface area contributed by atoms with Crippen molar-refractivity contribution in [2.75, 3.05) is 12.4 Å². The summed E-state index contributed by atoms with van der Waals surface area (Å²) in [5, 5.41) is 3.22. The molecule has 0 spiro atoms. The molecule has 1 heterocycles. The summed E-state index contributed by atoms with van der Waals surface area (Å²) in [6.45, 7) is 3.56. The highest BCUT2D eigenvalue weighted by Crippen LogP contribution is 2.20. The van der Waals surface area contributed by atoms with Gasteiger partial charge in [-0.25, -0.2) is 13.2 Å². The topological polar surface area (TPSA) is 96.7 Å².